The number of nitrogens with zero attached hydrogens (tertiary/aromatic N) is 2. The number of aromatic nitrogens is 2. The predicted octanol–water partition coefficient (Wildman–Crippen LogP) is 6.18. The molecular weight excluding hydrogens is 458 g/mol. The van der Waals surface area contributed by atoms with Crippen LogP contribution >= 0.6 is 11.3 Å². The fraction of sp³-hybridized carbons (Fsp3) is 0.357. The van der Waals surface area contributed by atoms with Gasteiger partial charge in [-0.15, -0.1) is 0 Å². The number of carbonyl (C=O) groups is 2. The van der Waals surface area contributed by atoms with Crippen molar-refractivity contribution in [2.24, 2.45) is 11.3 Å². The van der Waals surface area contributed by atoms with E-state index in [1.165, 1.54) is 11.3 Å². The lowest BCUT2D eigenvalue weighted by Crippen LogP contribution is -2.31. The molecule has 1 aliphatic rings. The van der Waals surface area contributed by atoms with Crippen LogP contribution in [0.25, 0.3) is 21.1 Å². The van der Waals surface area contributed by atoms with Crippen molar-refractivity contribution in [1.29, 1.82) is 0 Å². The van der Waals surface area contributed by atoms with Gasteiger partial charge in [0.25, 0.3) is 5.91 Å². The fourth-order valence-corrected chi connectivity index (χ4v) is 5.74. The number of hydrogen-bond donors (Lipinski definition) is 1. The number of para-hydroxylation sites is 2. The zero-order chi connectivity index (χ0) is 24.6. The summed E-state index contributed by atoms with van der Waals surface area (Å²) in [5, 5.41) is 4.02. The molecule has 2 aromatic heterocycles. The zero-order valence-corrected chi connectivity index (χ0v) is 21.1. The number of benzene rings is 2. The van der Waals surface area contributed by atoms with Crippen LogP contribution in [-0.4, -0.2) is 28.5 Å². The Hall–Kier alpha value is -3.32. The van der Waals surface area contributed by atoms with Gasteiger partial charge in [-0.1, -0.05) is 68.9 Å². The second kappa shape index (κ2) is 9.38. The van der Waals surface area contributed by atoms with E-state index in [1.807, 2.05) is 48.5 Å². The minimum atomic E-state index is -0.478. The largest absolute Gasteiger partial charge is 0.452 e. The summed E-state index contributed by atoms with van der Waals surface area (Å²) in [5.41, 5.74) is 4.27. The summed E-state index contributed by atoms with van der Waals surface area (Å²) in [6.45, 7) is 6.43. The zero-order valence-electron chi connectivity index (χ0n) is 20.3. The molecule has 2 heterocycles. The Bertz CT molecular complexity index is 1390. The van der Waals surface area contributed by atoms with Crippen LogP contribution in [0.2, 0.25) is 0 Å². The smallest absolute Gasteiger partial charge is 0.339 e. The van der Waals surface area contributed by atoms with Crippen molar-refractivity contribution >= 4 is 49.5 Å². The van der Waals surface area contributed by atoms with Crippen LogP contribution in [0.3, 0.4) is 0 Å². The van der Waals surface area contributed by atoms with Crippen molar-refractivity contribution in [3.63, 3.8) is 0 Å². The third-order valence-corrected chi connectivity index (χ3v) is 8.31. The highest BCUT2D eigenvalue weighted by Crippen LogP contribution is 2.41. The molecule has 0 radical (unpaired) electrons. The predicted molar refractivity (Wildman–Crippen MR) is 140 cm³/mol. The normalized spacial score (nSPS) is 15.7. The number of carbonyl (C=O) groups excluding carboxylic acids is 2. The first-order chi connectivity index (χ1) is 16.9. The van der Waals surface area contributed by atoms with Gasteiger partial charge in [0.1, 0.15) is 0 Å². The summed E-state index contributed by atoms with van der Waals surface area (Å²) >= 11 is 1.39. The number of aryl methyl sites for hydroxylation is 1. The first kappa shape index (κ1) is 23.4. The van der Waals surface area contributed by atoms with Crippen LogP contribution in [0, 0.1) is 11.3 Å². The molecule has 35 heavy (non-hydrogen) atoms. The highest BCUT2D eigenvalue weighted by atomic mass is 32.1. The minimum Gasteiger partial charge on any atom is -0.452 e. The number of nitrogens with one attached hydrogen (secondary N) is 1. The molecule has 4 aromatic rings. The second-order valence-electron chi connectivity index (χ2n) is 9.82. The maximum absolute atomic E-state index is 13.4. The van der Waals surface area contributed by atoms with Crippen LogP contribution < -0.4 is 5.32 Å². The Balaban J connectivity index is 1.38. The van der Waals surface area contributed by atoms with Gasteiger partial charge in [0.15, 0.2) is 11.7 Å². The highest BCUT2D eigenvalue weighted by molar-refractivity contribution is 7.22. The monoisotopic (exact) mass is 487 g/mol. The number of esters is 1. The van der Waals surface area contributed by atoms with Crippen molar-refractivity contribution in [3.8, 4) is 0 Å². The van der Waals surface area contributed by atoms with Gasteiger partial charge in [0, 0.05) is 11.1 Å². The molecule has 0 spiro atoms. The van der Waals surface area contributed by atoms with Gasteiger partial charge in [0.2, 0.25) is 0 Å². The van der Waals surface area contributed by atoms with E-state index in [1.54, 1.807) is 0 Å². The molecule has 1 atom stereocenters. The van der Waals surface area contributed by atoms with E-state index in [-0.39, 0.29) is 12.0 Å². The molecule has 1 aliphatic carbocycles. The van der Waals surface area contributed by atoms with Crippen LogP contribution in [0.5, 0.6) is 0 Å². The van der Waals surface area contributed by atoms with E-state index in [0.29, 0.717) is 16.6 Å². The lowest BCUT2D eigenvalue weighted by molar-refractivity contribution is -0.119. The molecule has 0 fully saturated rings. The van der Waals surface area contributed by atoms with E-state index in [2.05, 4.69) is 31.1 Å². The standard InChI is InChI=1S/C28H29N3O3S/c1-4-28(2,3)17-13-14-21-19(15-17)25(18-9-5-6-10-20(18)29-21)26(33)34-16-24(32)31-27-30-22-11-7-8-12-23(22)35-27/h5-12,17H,4,13-16H2,1-3H3,(H,30,31,32). The lowest BCUT2D eigenvalue weighted by Gasteiger charge is -2.37. The van der Waals surface area contributed by atoms with Gasteiger partial charge in [-0.2, -0.15) is 0 Å². The summed E-state index contributed by atoms with van der Waals surface area (Å²) in [4.78, 5) is 35.3. The van der Waals surface area contributed by atoms with Crippen LogP contribution in [0.15, 0.2) is 48.5 Å². The number of fused-ring (bicyclic) bond motifs is 3. The number of hydrogen-bond acceptors (Lipinski definition) is 6. The second-order valence-corrected chi connectivity index (χ2v) is 10.9. The topological polar surface area (TPSA) is 81.2 Å². The molecule has 180 valence electrons. The van der Waals surface area contributed by atoms with Gasteiger partial charge in [-0.05, 0) is 54.4 Å². The Morgan fingerprint density at radius 1 is 1.09 bits per heavy atom. The number of ether oxygens (including phenoxy) is 1. The van der Waals surface area contributed by atoms with Crippen LogP contribution in [-0.2, 0) is 22.4 Å². The van der Waals surface area contributed by atoms with Crippen LogP contribution in [0.4, 0.5) is 5.13 Å². The Kier molecular flexibility index (Phi) is 6.28. The maximum atomic E-state index is 13.4. The van der Waals surface area contributed by atoms with Gasteiger partial charge >= 0.3 is 5.97 Å². The number of rotatable bonds is 6. The summed E-state index contributed by atoms with van der Waals surface area (Å²) in [6.07, 6.45) is 3.75. The minimum absolute atomic E-state index is 0.168. The van der Waals surface area contributed by atoms with Crippen molar-refractivity contribution < 1.29 is 14.3 Å². The first-order valence-electron chi connectivity index (χ1n) is 12.1. The fourth-order valence-electron chi connectivity index (χ4n) is 4.86. The average molecular weight is 488 g/mol. The Morgan fingerprint density at radius 2 is 1.83 bits per heavy atom. The molecule has 1 N–H and O–H groups in total. The lowest BCUT2D eigenvalue weighted by atomic mass is 9.68. The highest BCUT2D eigenvalue weighted by Gasteiger charge is 2.34. The van der Waals surface area contributed by atoms with E-state index >= 15 is 0 Å². The van der Waals surface area contributed by atoms with Crippen molar-refractivity contribution in [3.05, 3.63) is 65.4 Å². The summed E-state index contributed by atoms with van der Waals surface area (Å²) in [5.74, 6) is -0.430. The molecule has 6 nitrogen and oxygen atoms in total. The summed E-state index contributed by atoms with van der Waals surface area (Å²) in [7, 11) is 0. The third-order valence-electron chi connectivity index (χ3n) is 7.35. The summed E-state index contributed by atoms with van der Waals surface area (Å²) < 4.78 is 6.54. The molecule has 0 aliphatic heterocycles. The van der Waals surface area contributed by atoms with Gasteiger partial charge in [-0.25, -0.2) is 9.78 Å². The number of anilines is 1. The molecule has 1 unspecified atom stereocenters. The first-order valence-corrected chi connectivity index (χ1v) is 12.9. The molecule has 0 bridgehead atoms. The van der Waals surface area contributed by atoms with E-state index < -0.39 is 11.9 Å². The molecule has 2 aromatic carbocycles. The van der Waals surface area contributed by atoms with Crippen molar-refractivity contribution in [1.82, 2.24) is 9.97 Å². The van der Waals surface area contributed by atoms with E-state index in [9.17, 15) is 9.59 Å². The molecule has 5 rings (SSSR count). The maximum Gasteiger partial charge on any atom is 0.339 e. The molecule has 1 amide bonds. The van der Waals surface area contributed by atoms with Crippen molar-refractivity contribution in [2.45, 2.75) is 46.5 Å². The SMILES string of the molecule is CCC(C)(C)C1CCc2nc3ccccc3c(C(=O)OCC(=O)Nc3nc4ccccc4s3)c2C1. The summed E-state index contributed by atoms with van der Waals surface area (Å²) in [6, 6.07) is 15.3. The van der Waals surface area contributed by atoms with Crippen LogP contribution in [0.1, 0.15) is 55.2 Å². The Labute approximate surface area is 208 Å². The molecule has 0 saturated carbocycles. The Morgan fingerprint density at radius 3 is 2.60 bits per heavy atom. The van der Waals surface area contributed by atoms with Crippen molar-refractivity contribution in [2.75, 3.05) is 11.9 Å². The molecule has 0 saturated heterocycles. The average Bonchev–Trinajstić information content (AvgIpc) is 3.27. The van der Waals surface area contributed by atoms with Gasteiger partial charge in [0.05, 0.1) is 21.3 Å². The quantitative estimate of drug-likeness (QED) is 0.328. The van der Waals surface area contributed by atoms with Gasteiger partial charge in [-0.3, -0.25) is 15.1 Å². The number of amides is 1. The number of thiazole rings is 1. The molecular formula is C28H29N3O3S. The molecule has 7 heteroatoms. The van der Waals surface area contributed by atoms with E-state index in [4.69, 9.17) is 9.72 Å². The van der Waals surface area contributed by atoms with E-state index in [0.717, 1.165) is 58.1 Å². The third kappa shape index (κ3) is 4.65. The van der Waals surface area contributed by atoms with Gasteiger partial charge < -0.3 is 4.74 Å². The number of pyridine rings is 1.